The van der Waals surface area contributed by atoms with Gasteiger partial charge in [0.15, 0.2) is 5.45 Å². The summed E-state index contributed by atoms with van der Waals surface area (Å²) in [5.74, 6) is 0. The zero-order chi connectivity index (χ0) is 9.61. The average molecular weight is 195 g/mol. The van der Waals surface area contributed by atoms with Crippen molar-refractivity contribution in [3.63, 3.8) is 0 Å². The van der Waals surface area contributed by atoms with E-state index in [1.807, 2.05) is 0 Å². The van der Waals surface area contributed by atoms with Crippen molar-refractivity contribution in [3.05, 3.63) is 0 Å². The van der Waals surface area contributed by atoms with E-state index in [0.717, 1.165) is 0 Å². The minimum absolute atomic E-state index is 0.0220. The second-order valence-electron chi connectivity index (χ2n) is 1.98. The molecule has 0 rings (SSSR count). The van der Waals surface area contributed by atoms with Crippen LogP contribution in [0, 0.1) is 0 Å². The Balaban J connectivity index is 4.50. The largest absolute Gasteiger partial charge is 0.410 e. The first kappa shape index (κ1) is 11.6. The van der Waals surface area contributed by atoms with Crippen LogP contribution in [0.25, 0.3) is 0 Å². The first-order valence-corrected chi connectivity index (χ1v) is 5.23. The van der Waals surface area contributed by atoms with E-state index >= 15 is 0 Å². The standard InChI is InChI=1S/C6H14NO4P/c1-4-10-12(9,11-5-2)6(3)7-8/h8H,4-5H2,1-3H3/b7-6-. The molecule has 0 saturated carbocycles. The van der Waals surface area contributed by atoms with Crippen LogP contribution in [0.2, 0.25) is 0 Å². The summed E-state index contributed by atoms with van der Waals surface area (Å²) in [6, 6.07) is 0. The van der Waals surface area contributed by atoms with Crippen LogP contribution in [0.3, 0.4) is 0 Å². The topological polar surface area (TPSA) is 68.1 Å². The van der Waals surface area contributed by atoms with Crippen molar-refractivity contribution in [3.8, 4) is 0 Å². The molecular formula is C6H14NO4P. The molecule has 0 amide bonds. The highest BCUT2D eigenvalue weighted by Gasteiger charge is 2.28. The lowest BCUT2D eigenvalue weighted by atomic mass is 10.9. The van der Waals surface area contributed by atoms with E-state index in [1.165, 1.54) is 6.92 Å². The van der Waals surface area contributed by atoms with Crippen LogP contribution in [0.15, 0.2) is 5.16 Å². The molecule has 0 aromatic rings. The minimum Gasteiger partial charge on any atom is -0.410 e. The lowest BCUT2D eigenvalue weighted by Gasteiger charge is -2.14. The van der Waals surface area contributed by atoms with Crippen LogP contribution >= 0.6 is 7.60 Å². The van der Waals surface area contributed by atoms with Gasteiger partial charge in [-0.3, -0.25) is 4.57 Å². The van der Waals surface area contributed by atoms with Gasteiger partial charge in [-0.05, 0) is 20.8 Å². The lowest BCUT2D eigenvalue weighted by Crippen LogP contribution is -2.03. The molecule has 0 atom stereocenters. The Morgan fingerprint density at radius 3 is 2.08 bits per heavy atom. The second kappa shape index (κ2) is 5.30. The third kappa shape index (κ3) is 2.93. The predicted molar refractivity (Wildman–Crippen MR) is 45.8 cm³/mol. The summed E-state index contributed by atoms with van der Waals surface area (Å²) >= 11 is 0. The summed E-state index contributed by atoms with van der Waals surface area (Å²) in [7, 11) is -3.31. The van der Waals surface area contributed by atoms with Gasteiger partial charge in [0, 0.05) is 0 Å². The van der Waals surface area contributed by atoms with E-state index in [-0.39, 0.29) is 18.7 Å². The highest BCUT2D eigenvalue weighted by Crippen LogP contribution is 2.49. The SMILES string of the molecule is CCOP(=O)(OCC)/C(C)=N\O. The number of hydrogen-bond donors (Lipinski definition) is 1. The quantitative estimate of drug-likeness (QED) is 0.315. The maximum absolute atomic E-state index is 11.6. The summed E-state index contributed by atoms with van der Waals surface area (Å²) in [4.78, 5) is 0. The van der Waals surface area contributed by atoms with E-state index in [2.05, 4.69) is 5.16 Å². The zero-order valence-electron chi connectivity index (χ0n) is 7.48. The molecule has 0 heterocycles. The Hall–Kier alpha value is -0.380. The normalized spacial score (nSPS) is 13.4. The molecule has 0 spiro atoms. The van der Waals surface area contributed by atoms with Gasteiger partial charge >= 0.3 is 7.60 Å². The molecule has 72 valence electrons. The molecule has 12 heavy (non-hydrogen) atoms. The molecule has 0 aliphatic heterocycles. The van der Waals surface area contributed by atoms with Gasteiger partial charge in [-0.25, -0.2) is 0 Å². The molecule has 0 fully saturated rings. The number of oxime groups is 1. The molecule has 0 radical (unpaired) electrons. The smallest absolute Gasteiger partial charge is 0.378 e. The van der Waals surface area contributed by atoms with E-state index in [0.29, 0.717) is 0 Å². The summed E-state index contributed by atoms with van der Waals surface area (Å²) in [5.41, 5.74) is -0.0220. The number of rotatable bonds is 5. The molecule has 0 aliphatic rings. The summed E-state index contributed by atoms with van der Waals surface area (Å²) < 4.78 is 21.3. The average Bonchev–Trinajstić information content (AvgIpc) is 2.04. The van der Waals surface area contributed by atoms with Crippen molar-refractivity contribution in [2.75, 3.05) is 13.2 Å². The van der Waals surface area contributed by atoms with E-state index in [1.54, 1.807) is 13.8 Å². The molecule has 0 bridgehead atoms. The third-order valence-corrected chi connectivity index (χ3v) is 3.22. The van der Waals surface area contributed by atoms with Gasteiger partial charge in [-0.15, -0.1) is 0 Å². The number of hydrogen-bond acceptors (Lipinski definition) is 5. The van der Waals surface area contributed by atoms with Gasteiger partial charge < -0.3 is 14.3 Å². The van der Waals surface area contributed by atoms with Gasteiger partial charge in [0.2, 0.25) is 0 Å². The second-order valence-corrected chi connectivity index (χ2v) is 4.14. The fourth-order valence-corrected chi connectivity index (χ4v) is 1.86. The zero-order valence-corrected chi connectivity index (χ0v) is 8.38. The summed E-state index contributed by atoms with van der Waals surface area (Å²) in [6.45, 7) is 5.28. The molecule has 0 aromatic heterocycles. The maximum Gasteiger partial charge on any atom is 0.378 e. The summed E-state index contributed by atoms with van der Waals surface area (Å²) in [5, 5.41) is 11.2. The van der Waals surface area contributed by atoms with Crippen LogP contribution in [0.5, 0.6) is 0 Å². The van der Waals surface area contributed by atoms with Crippen LogP contribution in [0.1, 0.15) is 20.8 Å². The molecular weight excluding hydrogens is 181 g/mol. The van der Waals surface area contributed by atoms with Crippen LogP contribution in [0.4, 0.5) is 0 Å². The van der Waals surface area contributed by atoms with Crippen molar-refractivity contribution >= 4 is 13.0 Å². The molecule has 1 N–H and O–H groups in total. The molecule has 5 nitrogen and oxygen atoms in total. The van der Waals surface area contributed by atoms with E-state index in [4.69, 9.17) is 14.3 Å². The molecule has 0 unspecified atom stereocenters. The minimum atomic E-state index is -3.31. The maximum atomic E-state index is 11.6. The van der Waals surface area contributed by atoms with Crippen LogP contribution in [-0.4, -0.2) is 23.9 Å². The third-order valence-electron chi connectivity index (χ3n) is 1.14. The monoisotopic (exact) mass is 195 g/mol. The molecule has 0 saturated heterocycles. The Morgan fingerprint density at radius 1 is 1.42 bits per heavy atom. The van der Waals surface area contributed by atoms with Gasteiger partial charge in [0.25, 0.3) is 0 Å². The van der Waals surface area contributed by atoms with Crippen LogP contribution < -0.4 is 0 Å². The van der Waals surface area contributed by atoms with Crippen LogP contribution in [-0.2, 0) is 13.6 Å². The molecule has 0 aliphatic carbocycles. The van der Waals surface area contributed by atoms with Crippen molar-refractivity contribution in [2.45, 2.75) is 20.8 Å². The predicted octanol–water partition coefficient (Wildman–Crippen LogP) is 2.06. The highest BCUT2D eigenvalue weighted by molar-refractivity contribution is 7.72. The highest BCUT2D eigenvalue weighted by atomic mass is 31.2. The van der Waals surface area contributed by atoms with Crippen molar-refractivity contribution in [1.29, 1.82) is 0 Å². The lowest BCUT2D eigenvalue weighted by molar-refractivity contribution is 0.230. The fourth-order valence-electron chi connectivity index (χ4n) is 0.619. The molecule has 6 heteroatoms. The first-order valence-electron chi connectivity index (χ1n) is 3.69. The van der Waals surface area contributed by atoms with Gasteiger partial charge in [-0.1, -0.05) is 5.16 Å². The van der Waals surface area contributed by atoms with Crippen molar-refractivity contribution in [2.24, 2.45) is 5.16 Å². The van der Waals surface area contributed by atoms with Gasteiger partial charge in [-0.2, -0.15) is 0 Å². The molecule has 0 aromatic carbocycles. The Kier molecular flexibility index (Phi) is 5.13. The fraction of sp³-hybridized carbons (Fsp3) is 0.833. The Bertz CT molecular complexity index is 194. The van der Waals surface area contributed by atoms with E-state index in [9.17, 15) is 4.57 Å². The van der Waals surface area contributed by atoms with E-state index < -0.39 is 7.60 Å². The first-order chi connectivity index (χ1) is 5.60. The Morgan fingerprint density at radius 2 is 1.83 bits per heavy atom. The van der Waals surface area contributed by atoms with Gasteiger partial charge in [0.05, 0.1) is 13.2 Å². The van der Waals surface area contributed by atoms with Gasteiger partial charge in [0.1, 0.15) is 0 Å². The van der Waals surface area contributed by atoms with Crippen molar-refractivity contribution in [1.82, 2.24) is 0 Å². The van der Waals surface area contributed by atoms with Crippen molar-refractivity contribution < 1.29 is 18.8 Å². The summed E-state index contributed by atoms with van der Waals surface area (Å²) in [6.07, 6.45) is 0. The number of nitrogens with zero attached hydrogens (tertiary/aromatic N) is 1. The Labute approximate surface area is 71.9 Å².